The van der Waals surface area contributed by atoms with Gasteiger partial charge in [-0.15, -0.1) is 0 Å². The first-order valence-electron chi connectivity index (χ1n) is 8.79. The van der Waals surface area contributed by atoms with E-state index in [-0.39, 0.29) is 18.9 Å². The molecule has 27 heavy (non-hydrogen) atoms. The molecule has 1 aliphatic rings. The third kappa shape index (κ3) is 3.94. The number of halogens is 1. The molecule has 1 saturated heterocycles. The molecule has 1 fully saturated rings. The molecular formula is C21H22FNO4. The van der Waals surface area contributed by atoms with Crippen molar-refractivity contribution in [1.82, 2.24) is 4.90 Å². The molecule has 0 aliphatic carbocycles. The minimum absolute atomic E-state index is 0.112. The van der Waals surface area contributed by atoms with Gasteiger partial charge in [-0.3, -0.25) is 9.59 Å². The maximum Gasteiger partial charge on any atom is 0.311 e. The highest BCUT2D eigenvalue weighted by Crippen LogP contribution is 2.39. The number of esters is 1. The number of amides is 1. The Morgan fingerprint density at radius 1 is 1.15 bits per heavy atom. The SMILES string of the molecule is COC(=O)[C@H]1CCC(=O)N(Cc2ccc(OC)cc2)[C@@H]1c1ccccc1F. The fraction of sp³-hybridized carbons (Fsp3) is 0.333. The fourth-order valence-electron chi connectivity index (χ4n) is 3.56. The fourth-order valence-corrected chi connectivity index (χ4v) is 3.56. The Hall–Kier alpha value is -2.89. The van der Waals surface area contributed by atoms with E-state index in [4.69, 9.17) is 9.47 Å². The summed E-state index contributed by atoms with van der Waals surface area (Å²) >= 11 is 0. The number of carbonyl (C=O) groups excluding carboxylic acids is 2. The van der Waals surface area contributed by atoms with Gasteiger partial charge in [-0.2, -0.15) is 0 Å². The van der Waals surface area contributed by atoms with E-state index < -0.39 is 23.7 Å². The molecule has 3 rings (SSSR count). The second kappa shape index (κ2) is 8.20. The van der Waals surface area contributed by atoms with Crippen LogP contribution in [-0.2, 0) is 20.9 Å². The average Bonchev–Trinajstić information content (AvgIpc) is 2.70. The Morgan fingerprint density at radius 2 is 1.85 bits per heavy atom. The Bertz CT molecular complexity index is 821. The summed E-state index contributed by atoms with van der Waals surface area (Å²) in [5.74, 6) is -0.884. The van der Waals surface area contributed by atoms with Crippen molar-refractivity contribution in [2.45, 2.75) is 25.4 Å². The average molecular weight is 371 g/mol. The summed E-state index contributed by atoms with van der Waals surface area (Å²) in [6.07, 6.45) is 0.560. The third-order valence-electron chi connectivity index (χ3n) is 4.95. The Labute approximate surface area is 157 Å². The summed E-state index contributed by atoms with van der Waals surface area (Å²) in [6, 6.07) is 12.9. The lowest BCUT2D eigenvalue weighted by atomic mass is 9.83. The molecule has 6 heteroatoms. The van der Waals surface area contributed by atoms with Gasteiger partial charge in [0.25, 0.3) is 0 Å². The van der Waals surface area contributed by atoms with Crippen LogP contribution in [0.25, 0.3) is 0 Å². The van der Waals surface area contributed by atoms with Crippen molar-refractivity contribution in [1.29, 1.82) is 0 Å². The zero-order valence-electron chi connectivity index (χ0n) is 15.4. The number of carbonyl (C=O) groups is 2. The maximum absolute atomic E-state index is 14.5. The lowest BCUT2D eigenvalue weighted by Crippen LogP contribution is -2.45. The normalized spacial score (nSPS) is 19.7. The molecule has 0 bridgehead atoms. The number of hydrogen-bond acceptors (Lipinski definition) is 4. The van der Waals surface area contributed by atoms with E-state index in [0.717, 1.165) is 5.56 Å². The van der Waals surface area contributed by atoms with Crippen LogP contribution in [0.3, 0.4) is 0 Å². The summed E-state index contributed by atoms with van der Waals surface area (Å²) < 4.78 is 24.6. The number of nitrogens with zero attached hydrogens (tertiary/aromatic N) is 1. The molecule has 1 amide bonds. The molecule has 0 N–H and O–H groups in total. The van der Waals surface area contributed by atoms with E-state index in [0.29, 0.717) is 17.7 Å². The monoisotopic (exact) mass is 371 g/mol. The van der Waals surface area contributed by atoms with Gasteiger partial charge in [0.05, 0.1) is 26.2 Å². The molecule has 2 atom stereocenters. The number of likely N-dealkylation sites (tertiary alicyclic amines) is 1. The largest absolute Gasteiger partial charge is 0.497 e. The van der Waals surface area contributed by atoms with Gasteiger partial charge in [-0.25, -0.2) is 4.39 Å². The quantitative estimate of drug-likeness (QED) is 0.755. The van der Waals surface area contributed by atoms with Crippen LogP contribution in [0.4, 0.5) is 4.39 Å². The number of ether oxygens (including phenoxy) is 2. The van der Waals surface area contributed by atoms with Gasteiger partial charge in [0.2, 0.25) is 5.91 Å². The van der Waals surface area contributed by atoms with Crippen molar-refractivity contribution in [2.75, 3.05) is 14.2 Å². The van der Waals surface area contributed by atoms with Gasteiger partial charge in [0.15, 0.2) is 0 Å². The number of benzene rings is 2. The highest BCUT2D eigenvalue weighted by molar-refractivity contribution is 5.82. The molecule has 0 aromatic heterocycles. The number of methoxy groups -OCH3 is 2. The van der Waals surface area contributed by atoms with E-state index in [9.17, 15) is 14.0 Å². The standard InChI is InChI=1S/C21H22FNO4/c1-26-15-9-7-14(8-10-15)13-23-19(24)12-11-17(21(25)27-2)20(23)16-5-3-4-6-18(16)22/h3-10,17,20H,11-13H2,1-2H3/t17-,20+/m0/s1. The molecule has 2 aromatic rings. The van der Waals surface area contributed by atoms with Crippen molar-refractivity contribution in [2.24, 2.45) is 5.92 Å². The second-order valence-corrected chi connectivity index (χ2v) is 6.50. The van der Waals surface area contributed by atoms with Crippen LogP contribution in [0, 0.1) is 11.7 Å². The first-order chi connectivity index (χ1) is 13.0. The molecule has 5 nitrogen and oxygen atoms in total. The van der Waals surface area contributed by atoms with E-state index >= 15 is 0 Å². The van der Waals surface area contributed by atoms with Gasteiger partial charge < -0.3 is 14.4 Å². The van der Waals surface area contributed by atoms with Gasteiger partial charge in [0, 0.05) is 18.5 Å². The van der Waals surface area contributed by atoms with E-state index in [1.807, 2.05) is 12.1 Å². The Morgan fingerprint density at radius 3 is 2.48 bits per heavy atom. The van der Waals surface area contributed by atoms with E-state index in [1.54, 1.807) is 42.3 Å². The van der Waals surface area contributed by atoms with Crippen LogP contribution in [-0.4, -0.2) is 31.0 Å². The number of piperidine rings is 1. The predicted octanol–water partition coefficient (Wildman–Crippen LogP) is 3.49. The lowest BCUT2D eigenvalue weighted by Gasteiger charge is -2.40. The van der Waals surface area contributed by atoms with Gasteiger partial charge >= 0.3 is 5.97 Å². The zero-order chi connectivity index (χ0) is 19.4. The van der Waals surface area contributed by atoms with E-state index in [1.165, 1.54) is 13.2 Å². The van der Waals surface area contributed by atoms with Crippen LogP contribution >= 0.6 is 0 Å². The Kier molecular flexibility index (Phi) is 5.74. The minimum Gasteiger partial charge on any atom is -0.497 e. The van der Waals surface area contributed by atoms with Crippen LogP contribution in [0.1, 0.15) is 30.0 Å². The summed E-state index contributed by atoms with van der Waals surface area (Å²) in [7, 11) is 2.89. The van der Waals surface area contributed by atoms with Gasteiger partial charge in [-0.05, 0) is 30.2 Å². The number of rotatable bonds is 5. The molecule has 142 valence electrons. The number of hydrogen-bond donors (Lipinski definition) is 0. The van der Waals surface area contributed by atoms with Crippen molar-refractivity contribution < 1.29 is 23.5 Å². The molecule has 0 spiro atoms. The topological polar surface area (TPSA) is 55.8 Å². The summed E-state index contributed by atoms with van der Waals surface area (Å²) in [4.78, 5) is 26.6. The van der Waals surface area contributed by atoms with Crippen LogP contribution < -0.4 is 4.74 Å². The first-order valence-corrected chi connectivity index (χ1v) is 8.79. The molecule has 0 unspecified atom stereocenters. The summed E-state index contributed by atoms with van der Waals surface area (Å²) in [6.45, 7) is 0.273. The third-order valence-corrected chi connectivity index (χ3v) is 4.95. The second-order valence-electron chi connectivity index (χ2n) is 6.50. The highest BCUT2D eigenvalue weighted by Gasteiger charge is 2.42. The Balaban J connectivity index is 1.99. The van der Waals surface area contributed by atoms with Crippen molar-refractivity contribution in [3.05, 3.63) is 65.5 Å². The smallest absolute Gasteiger partial charge is 0.311 e. The summed E-state index contributed by atoms with van der Waals surface area (Å²) in [5, 5.41) is 0. The molecule has 1 heterocycles. The molecule has 0 saturated carbocycles. The van der Waals surface area contributed by atoms with Crippen molar-refractivity contribution in [3.63, 3.8) is 0 Å². The lowest BCUT2D eigenvalue weighted by molar-refractivity contribution is -0.155. The van der Waals surface area contributed by atoms with Gasteiger partial charge in [-0.1, -0.05) is 30.3 Å². The van der Waals surface area contributed by atoms with Crippen molar-refractivity contribution >= 4 is 11.9 Å². The van der Waals surface area contributed by atoms with Crippen LogP contribution in [0.5, 0.6) is 5.75 Å². The molecular weight excluding hydrogens is 349 g/mol. The minimum atomic E-state index is -0.706. The highest BCUT2D eigenvalue weighted by atomic mass is 19.1. The van der Waals surface area contributed by atoms with Gasteiger partial charge in [0.1, 0.15) is 11.6 Å². The van der Waals surface area contributed by atoms with Crippen LogP contribution in [0.2, 0.25) is 0 Å². The molecule has 1 aliphatic heterocycles. The first kappa shape index (κ1) is 18.9. The maximum atomic E-state index is 14.5. The zero-order valence-corrected chi connectivity index (χ0v) is 15.4. The molecule has 2 aromatic carbocycles. The predicted molar refractivity (Wildman–Crippen MR) is 97.4 cm³/mol. The van der Waals surface area contributed by atoms with Crippen LogP contribution in [0.15, 0.2) is 48.5 Å². The summed E-state index contributed by atoms with van der Waals surface area (Å²) in [5.41, 5.74) is 1.20. The van der Waals surface area contributed by atoms with E-state index in [2.05, 4.69) is 0 Å². The molecule has 0 radical (unpaired) electrons. The van der Waals surface area contributed by atoms with Crippen molar-refractivity contribution in [3.8, 4) is 5.75 Å².